The van der Waals surface area contributed by atoms with E-state index >= 15 is 0 Å². The second-order valence-corrected chi connectivity index (χ2v) is 3.13. The molecule has 0 fully saturated rings. The van der Waals surface area contributed by atoms with E-state index in [2.05, 4.69) is 26.1 Å². The van der Waals surface area contributed by atoms with Gasteiger partial charge in [0.1, 0.15) is 0 Å². The molecule has 0 bridgehead atoms. The Balaban J connectivity index is 0. The van der Waals surface area contributed by atoms with Crippen molar-refractivity contribution in [1.29, 1.82) is 0 Å². The van der Waals surface area contributed by atoms with Crippen molar-refractivity contribution < 1.29 is 0 Å². The molecule has 2 nitrogen and oxygen atoms in total. The van der Waals surface area contributed by atoms with E-state index in [4.69, 9.17) is 0 Å². The Hall–Kier alpha value is -0.660. The molecule has 0 saturated carbocycles. The molecule has 0 aromatic carbocycles. The van der Waals surface area contributed by atoms with Crippen LogP contribution in [0.3, 0.4) is 0 Å². The zero-order chi connectivity index (χ0) is 10.5. The van der Waals surface area contributed by atoms with Crippen molar-refractivity contribution in [3.05, 3.63) is 55.1 Å². The molecule has 0 aliphatic carbocycles. The summed E-state index contributed by atoms with van der Waals surface area (Å²) < 4.78 is 0. The molecule has 0 spiro atoms. The summed E-state index contributed by atoms with van der Waals surface area (Å²) in [5.74, 6) is 0. The van der Waals surface area contributed by atoms with Crippen LogP contribution in [0.2, 0.25) is 0 Å². The fourth-order valence-corrected chi connectivity index (χ4v) is 0.590. The maximum atomic E-state index is 3.78. The van der Waals surface area contributed by atoms with Crippen LogP contribution in [-0.4, -0.2) is 16.1 Å². The highest BCUT2D eigenvalue weighted by atomic mass is 79.9. The molecule has 4 heteroatoms. The molecule has 1 N–H and O–H groups in total. The van der Waals surface area contributed by atoms with Crippen molar-refractivity contribution in [3.63, 3.8) is 0 Å². The number of aromatic amines is 1. The van der Waals surface area contributed by atoms with Gasteiger partial charge in [-0.05, 0) is 30.4 Å². The molecule has 15 heavy (non-hydrogen) atoms. The normalized spacial score (nSPS) is 7.07. The monoisotopic (exact) mass is 288 g/mol. The number of halogens is 1. The van der Waals surface area contributed by atoms with E-state index in [-0.39, 0.29) is 17.0 Å². The highest BCUT2D eigenvalue weighted by Gasteiger charge is 1.58. The molecule has 0 aliphatic rings. The highest BCUT2D eigenvalue weighted by molar-refractivity contribution is 8.93. The smallest absolute Gasteiger partial charge is 0.0267 e. The van der Waals surface area contributed by atoms with E-state index < -0.39 is 0 Å². The first-order valence-corrected chi connectivity index (χ1v) is 5.36. The summed E-state index contributed by atoms with van der Waals surface area (Å²) in [7, 11) is 2.58. The lowest BCUT2D eigenvalue weighted by atomic mass is 10.5. The van der Waals surface area contributed by atoms with Crippen LogP contribution in [0.1, 0.15) is 6.92 Å². The number of nitrogens with zero attached hydrogens (tertiary/aromatic N) is 1. The van der Waals surface area contributed by atoms with E-state index in [1.54, 1.807) is 12.4 Å². The summed E-state index contributed by atoms with van der Waals surface area (Å²) >= 11 is 0. The number of pyridine rings is 1. The lowest BCUT2D eigenvalue weighted by molar-refractivity contribution is 1.33. The second kappa shape index (κ2) is 15.8. The predicted octanol–water partition coefficient (Wildman–Crippen LogP) is 3.56. The predicted molar refractivity (Wildman–Crippen MR) is 75.6 cm³/mol. The van der Waals surface area contributed by atoms with Crippen molar-refractivity contribution >= 4 is 26.2 Å². The van der Waals surface area contributed by atoms with E-state index in [1.807, 2.05) is 42.7 Å². The van der Waals surface area contributed by atoms with Crippen LogP contribution in [0, 0.1) is 0 Å². The van der Waals surface area contributed by atoms with Crippen LogP contribution in [0.5, 0.6) is 0 Å². The topological polar surface area (TPSA) is 28.7 Å². The average Bonchev–Trinajstić information content (AvgIpc) is 2.80. The second-order valence-electron chi connectivity index (χ2n) is 2.32. The standard InChI is InChI=1S/C5H5N.C4H5N.C2H7P.BrH/c1-2-4-6-5-3-1;1-2-4-5-3-1;1-2-3;/h1-5H;1-5H;2-3H2,1H3;1H. The Morgan fingerprint density at radius 1 is 1.00 bits per heavy atom. The van der Waals surface area contributed by atoms with Crippen LogP contribution in [-0.2, 0) is 0 Å². The minimum absolute atomic E-state index is 0. The van der Waals surface area contributed by atoms with Crippen LogP contribution < -0.4 is 0 Å². The first-order chi connectivity index (χ1) is 6.91. The summed E-state index contributed by atoms with van der Waals surface area (Å²) in [6.07, 6.45) is 8.42. The zero-order valence-corrected chi connectivity index (χ0v) is 11.7. The highest BCUT2D eigenvalue weighted by Crippen LogP contribution is 1.73. The molecular formula is C11H18BrN2P. The van der Waals surface area contributed by atoms with Gasteiger partial charge in [0.25, 0.3) is 0 Å². The number of aromatic nitrogens is 2. The fourth-order valence-electron chi connectivity index (χ4n) is 0.590. The molecule has 1 unspecified atom stereocenters. The van der Waals surface area contributed by atoms with E-state index in [1.165, 1.54) is 6.16 Å². The van der Waals surface area contributed by atoms with Gasteiger partial charge in [0.05, 0.1) is 0 Å². The quantitative estimate of drug-likeness (QED) is 0.738. The summed E-state index contributed by atoms with van der Waals surface area (Å²) in [4.78, 5) is 6.65. The molecular weight excluding hydrogens is 271 g/mol. The molecule has 2 aromatic rings. The number of nitrogens with one attached hydrogen (secondary N) is 1. The van der Waals surface area contributed by atoms with Gasteiger partial charge < -0.3 is 4.98 Å². The minimum Gasteiger partial charge on any atom is -0.368 e. The lowest BCUT2D eigenvalue weighted by Gasteiger charge is -1.70. The molecule has 0 saturated heterocycles. The molecule has 1 atom stereocenters. The van der Waals surface area contributed by atoms with Gasteiger partial charge in [0.15, 0.2) is 0 Å². The Morgan fingerprint density at radius 2 is 1.47 bits per heavy atom. The van der Waals surface area contributed by atoms with Crippen molar-refractivity contribution in [3.8, 4) is 0 Å². The van der Waals surface area contributed by atoms with Crippen LogP contribution >= 0.6 is 26.2 Å². The van der Waals surface area contributed by atoms with Crippen molar-refractivity contribution in [2.24, 2.45) is 0 Å². The van der Waals surface area contributed by atoms with Gasteiger partial charge in [-0.3, -0.25) is 4.98 Å². The first kappa shape index (κ1) is 16.8. The third-order valence-corrected chi connectivity index (χ3v) is 1.06. The van der Waals surface area contributed by atoms with Gasteiger partial charge in [0, 0.05) is 24.8 Å². The van der Waals surface area contributed by atoms with Crippen LogP contribution in [0.25, 0.3) is 0 Å². The van der Waals surface area contributed by atoms with Gasteiger partial charge in [-0.25, -0.2) is 0 Å². The van der Waals surface area contributed by atoms with Gasteiger partial charge >= 0.3 is 0 Å². The third-order valence-electron chi connectivity index (χ3n) is 1.06. The average molecular weight is 289 g/mol. The van der Waals surface area contributed by atoms with Crippen LogP contribution in [0.4, 0.5) is 0 Å². The number of H-pyrrole nitrogens is 1. The number of hydrogen-bond donors (Lipinski definition) is 1. The summed E-state index contributed by atoms with van der Waals surface area (Å²) in [5.41, 5.74) is 0. The van der Waals surface area contributed by atoms with E-state index in [9.17, 15) is 0 Å². The maximum Gasteiger partial charge on any atom is 0.0267 e. The Kier molecular flexibility index (Phi) is 17.6. The molecule has 84 valence electrons. The molecule has 2 rings (SSSR count). The van der Waals surface area contributed by atoms with Crippen molar-refractivity contribution in [1.82, 2.24) is 9.97 Å². The largest absolute Gasteiger partial charge is 0.368 e. The molecule has 2 heterocycles. The summed E-state index contributed by atoms with van der Waals surface area (Å²) in [6, 6.07) is 9.60. The molecule has 0 radical (unpaired) electrons. The Morgan fingerprint density at radius 3 is 1.60 bits per heavy atom. The van der Waals surface area contributed by atoms with Crippen LogP contribution in [0.15, 0.2) is 55.1 Å². The van der Waals surface area contributed by atoms with Crippen molar-refractivity contribution in [2.45, 2.75) is 6.92 Å². The van der Waals surface area contributed by atoms with E-state index in [0.717, 1.165) is 0 Å². The minimum atomic E-state index is 0. The molecule has 0 amide bonds. The lowest BCUT2D eigenvalue weighted by Crippen LogP contribution is -1.58. The summed E-state index contributed by atoms with van der Waals surface area (Å²) in [5, 5.41) is 0. The SMILES string of the molecule is Br.CCP.c1cc[nH]c1.c1ccncc1. The number of rotatable bonds is 0. The van der Waals surface area contributed by atoms with Gasteiger partial charge in [0.2, 0.25) is 0 Å². The van der Waals surface area contributed by atoms with Crippen molar-refractivity contribution in [2.75, 3.05) is 6.16 Å². The molecule has 0 aliphatic heterocycles. The van der Waals surface area contributed by atoms with Gasteiger partial charge in [-0.15, -0.1) is 26.2 Å². The Labute approximate surface area is 105 Å². The third kappa shape index (κ3) is 16.0. The summed E-state index contributed by atoms with van der Waals surface area (Å²) in [6.45, 7) is 2.09. The van der Waals surface area contributed by atoms with Gasteiger partial charge in [-0.1, -0.05) is 13.0 Å². The fraction of sp³-hybridized carbons (Fsp3) is 0.182. The Bertz CT molecular complexity index is 217. The van der Waals surface area contributed by atoms with Gasteiger partial charge in [-0.2, -0.15) is 0 Å². The van der Waals surface area contributed by atoms with E-state index in [0.29, 0.717) is 0 Å². The molecule has 2 aromatic heterocycles. The number of hydrogen-bond acceptors (Lipinski definition) is 1. The maximum absolute atomic E-state index is 3.78. The first-order valence-electron chi connectivity index (χ1n) is 4.54. The zero-order valence-electron chi connectivity index (χ0n) is 8.84.